The summed E-state index contributed by atoms with van der Waals surface area (Å²) in [6, 6.07) is 1.96. The average Bonchev–Trinajstić information content (AvgIpc) is 2.10. The molecule has 0 spiro atoms. The number of rotatable bonds is 7. The number of methoxy groups -OCH3 is 1. The molecule has 0 aliphatic heterocycles. The van der Waals surface area contributed by atoms with Crippen molar-refractivity contribution in [3.8, 4) is 6.07 Å². The van der Waals surface area contributed by atoms with Gasteiger partial charge in [-0.15, -0.1) is 0 Å². The molecule has 0 heterocycles. The summed E-state index contributed by atoms with van der Waals surface area (Å²) < 4.78 is 14.9. The smallest absolute Gasteiger partial charge is 0.141 e. The zero-order chi connectivity index (χ0) is 9.23. The molecule has 0 rings (SSSR count). The second-order valence-corrected chi connectivity index (χ2v) is 2.25. The molecule has 70 valence electrons. The van der Waals surface area contributed by atoms with Crippen molar-refractivity contribution in [1.29, 1.82) is 5.26 Å². The molecule has 0 aromatic carbocycles. The molecule has 0 fully saturated rings. The van der Waals surface area contributed by atoms with Gasteiger partial charge in [-0.2, -0.15) is 5.26 Å². The molecule has 0 amide bonds. The van der Waals surface area contributed by atoms with Crippen LogP contribution in [0.4, 0.5) is 0 Å². The normalized spacial score (nSPS) is 12.4. The van der Waals surface area contributed by atoms with E-state index in [9.17, 15) is 0 Å². The topological polar surface area (TPSA) is 51.5 Å². The second kappa shape index (κ2) is 8.47. The Morgan fingerprint density at radius 1 is 1.25 bits per heavy atom. The van der Waals surface area contributed by atoms with E-state index in [0.717, 1.165) is 0 Å². The molecule has 0 saturated carbocycles. The Hall–Kier alpha value is -0.630. The van der Waals surface area contributed by atoms with Crippen molar-refractivity contribution >= 4 is 0 Å². The minimum atomic E-state index is -0.351. The van der Waals surface area contributed by atoms with E-state index in [-0.39, 0.29) is 6.10 Å². The fourth-order valence-electron chi connectivity index (χ4n) is 0.565. The highest BCUT2D eigenvalue weighted by Gasteiger charge is 1.96. The van der Waals surface area contributed by atoms with E-state index in [1.807, 2.05) is 6.07 Å². The maximum Gasteiger partial charge on any atom is 0.141 e. The summed E-state index contributed by atoms with van der Waals surface area (Å²) in [7, 11) is 1.62. The van der Waals surface area contributed by atoms with Crippen molar-refractivity contribution in [2.75, 3.05) is 33.5 Å². The Labute approximate surface area is 73.0 Å². The molecule has 0 aliphatic rings. The summed E-state index contributed by atoms with van der Waals surface area (Å²) in [5.74, 6) is 0. The Balaban J connectivity index is 2.96. The van der Waals surface area contributed by atoms with Gasteiger partial charge in [0.2, 0.25) is 0 Å². The van der Waals surface area contributed by atoms with Crippen LogP contribution in [0.2, 0.25) is 0 Å². The van der Waals surface area contributed by atoms with E-state index >= 15 is 0 Å². The van der Waals surface area contributed by atoms with Crippen LogP contribution in [0.3, 0.4) is 0 Å². The molecule has 0 bridgehead atoms. The van der Waals surface area contributed by atoms with Crippen LogP contribution in [-0.2, 0) is 14.2 Å². The maximum absolute atomic E-state index is 8.34. The van der Waals surface area contributed by atoms with Crippen molar-refractivity contribution in [2.24, 2.45) is 0 Å². The molecule has 4 nitrogen and oxygen atoms in total. The first-order valence-corrected chi connectivity index (χ1v) is 3.89. The Morgan fingerprint density at radius 3 is 2.50 bits per heavy atom. The fraction of sp³-hybridized carbons (Fsp3) is 0.875. The predicted octanol–water partition coefficient (Wildman–Crippen LogP) is 0.578. The lowest BCUT2D eigenvalue weighted by Crippen LogP contribution is -2.12. The average molecular weight is 173 g/mol. The molecule has 0 N–H and O–H groups in total. The molecule has 12 heavy (non-hydrogen) atoms. The highest BCUT2D eigenvalue weighted by molar-refractivity contribution is 4.78. The molecular formula is C8H15NO3. The summed E-state index contributed by atoms with van der Waals surface area (Å²) in [5, 5.41) is 8.34. The largest absolute Gasteiger partial charge is 0.382 e. The second-order valence-electron chi connectivity index (χ2n) is 2.25. The van der Waals surface area contributed by atoms with E-state index in [1.165, 1.54) is 0 Å². The van der Waals surface area contributed by atoms with Crippen molar-refractivity contribution in [2.45, 2.75) is 13.0 Å². The molecule has 0 saturated heterocycles. The molecule has 0 aromatic heterocycles. The first kappa shape index (κ1) is 11.4. The van der Waals surface area contributed by atoms with Crippen LogP contribution in [0, 0.1) is 11.3 Å². The van der Waals surface area contributed by atoms with Crippen molar-refractivity contribution in [3.63, 3.8) is 0 Å². The number of nitrogens with zero attached hydrogens (tertiary/aromatic N) is 1. The Kier molecular flexibility index (Phi) is 8.02. The standard InChI is InChI=1S/C8H15NO3/c1-8(7-9)12-6-5-11-4-3-10-2/h8H,3-6H2,1-2H3. The van der Waals surface area contributed by atoms with Gasteiger partial charge in [-0.05, 0) is 6.92 Å². The first-order valence-electron chi connectivity index (χ1n) is 3.89. The molecule has 4 heteroatoms. The minimum Gasteiger partial charge on any atom is -0.382 e. The van der Waals surface area contributed by atoms with Crippen molar-refractivity contribution in [3.05, 3.63) is 0 Å². The lowest BCUT2D eigenvalue weighted by atomic mass is 10.5. The fourth-order valence-corrected chi connectivity index (χ4v) is 0.565. The number of ether oxygens (including phenoxy) is 3. The van der Waals surface area contributed by atoms with Gasteiger partial charge in [-0.25, -0.2) is 0 Å². The molecule has 0 aliphatic carbocycles. The van der Waals surface area contributed by atoms with Gasteiger partial charge in [0.15, 0.2) is 0 Å². The monoisotopic (exact) mass is 173 g/mol. The number of nitriles is 1. The first-order chi connectivity index (χ1) is 5.81. The SMILES string of the molecule is COCCOCCOC(C)C#N. The quantitative estimate of drug-likeness (QED) is 0.528. The molecule has 1 unspecified atom stereocenters. The minimum absolute atomic E-state index is 0.351. The van der Waals surface area contributed by atoms with Crippen molar-refractivity contribution < 1.29 is 14.2 Å². The third-order valence-corrected chi connectivity index (χ3v) is 1.21. The Bertz CT molecular complexity index is 133. The maximum atomic E-state index is 8.34. The number of hydrogen-bond donors (Lipinski definition) is 0. The molecular weight excluding hydrogens is 158 g/mol. The van der Waals surface area contributed by atoms with E-state index in [1.54, 1.807) is 14.0 Å². The van der Waals surface area contributed by atoms with Gasteiger partial charge < -0.3 is 14.2 Å². The lowest BCUT2D eigenvalue weighted by molar-refractivity contribution is 0.0141. The third kappa shape index (κ3) is 7.48. The summed E-state index contributed by atoms with van der Waals surface area (Å²) in [5.41, 5.74) is 0. The van der Waals surface area contributed by atoms with Gasteiger partial charge in [-0.3, -0.25) is 0 Å². The summed E-state index contributed by atoms with van der Waals surface area (Å²) in [6.45, 7) is 3.83. The van der Waals surface area contributed by atoms with Crippen LogP contribution in [0.15, 0.2) is 0 Å². The van der Waals surface area contributed by atoms with E-state index in [0.29, 0.717) is 26.4 Å². The zero-order valence-corrected chi connectivity index (χ0v) is 7.58. The third-order valence-electron chi connectivity index (χ3n) is 1.21. The van der Waals surface area contributed by atoms with E-state index in [2.05, 4.69) is 0 Å². The van der Waals surface area contributed by atoms with Gasteiger partial charge in [0.05, 0.1) is 32.5 Å². The molecule has 0 aromatic rings. The van der Waals surface area contributed by atoms with Gasteiger partial charge in [0.25, 0.3) is 0 Å². The van der Waals surface area contributed by atoms with Crippen LogP contribution in [-0.4, -0.2) is 39.6 Å². The van der Waals surface area contributed by atoms with Crippen LogP contribution < -0.4 is 0 Å². The van der Waals surface area contributed by atoms with E-state index < -0.39 is 0 Å². The summed E-state index contributed by atoms with van der Waals surface area (Å²) in [6.07, 6.45) is -0.351. The molecule has 0 radical (unpaired) electrons. The number of hydrogen-bond acceptors (Lipinski definition) is 4. The zero-order valence-electron chi connectivity index (χ0n) is 7.58. The summed E-state index contributed by atoms with van der Waals surface area (Å²) in [4.78, 5) is 0. The molecule has 1 atom stereocenters. The highest BCUT2D eigenvalue weighted by atomic mass is 16.5. The van der Waals surface area contributed by atoms with Crippen LogP contribution in [0.1, 0.15) is 6.92 Å². The predicted molar refractivity (Wildman–Crippen MR) is 43.7 cm³/mol. The van der Waals surface area contributed by atoms with Crippen molar-refractivity contribution in [1.82, 2.24) is 0 Å². The lowest BCUT2D eigenvalue weighted by Gasteiger charge is -2.05. The Morgan fingerprint density at radius 2 is 1.92 bits per heavy atom. The van der Waals surface area contributed by atoms with Gasteiger partial charge >= 0.3 is 0 Å². The van der Waals surface area contributed by atoms with Gasteiger partial charge in [-0.1, -0.05) is 0 Å². The van der Waals surface area contributed by atoms with Crippen LogP contribution in [0.5, 0.6) is 0 Å². The van der Waals surface area contributed by atoms with Gasteiger partial charge in [0.1, 0.15) is 6.10 Å². The van der Waals surface area contributed by atoms with Crippen LogP contribution >= 0.6 is 0 Å². The van der Waals surface area contributed by atoms with E-state index in [4.69, 9.17) is 19.5 Å². The highest BCUT2D eigenvalue weighted by Crippen LogP contribution is 1.87. The van der Waals surface area contributed by atoms with Crippen LogP contribution in [0.25, 0.3) is 0 Å². The van der Waals surface area contributed by atoms with Gasteiger partial charge in [0, 0.05) is 7.11 Å². The summed E-state index contributed by atoms with van der Waals surface area (Å²) >= 11 is 0.